The van der Waals surface area contributed by atoms with Gasteiger partial charge in [0.2, 0.25) is 5.91 Å². The molecule has 0 radical (unpaired) electrons. The first-order valence-electron chi connectivity index (χ1n) is 5.61. The van der Waals surface area contributed by atoms with Crippen LogP contribution in [-0.4, -0.2) is 39.9 Å². The number of benzene rings is 1. The van der Waals surface area contributed by atoms with Crippen molar-refractivity contribution < 1.29 is 19.8 Å². The summed E-state index contributed by atoms with van der Waals surface area (Å²) in [4.78, 5) is 22.5. The molecule has 1 aromatic carbocycles. The van der Waals surface area contributed by atoms with E-state index in [9.17, 15) is 9.59 Å². The van der Waals surface area contributed by atoms with Gasteiger partial charge in [-0.2, -0.15) is 12.6 Å². The molecule has 0 fully saturated rings. The van der Waals surface area contributed by atoms with E-state index in [2.05, 4.69) is 17.9 Å². The highest BCUT2D eigenvalue weighted by Gasteiger charge is 2.22. The number of nitrogens with one attached hydrogen (secondary N) is 1. The number of carbonyl (C=O) groups is 2. The smallest absolute Gasteiger partial charge is 0.327 e. The maximum atomic E-state index is 11.7. The Morgan fingerprint density at radius 3 is 2.37 bits per heavy atom. The molecule has 0 bridgehead atoms. The van der Waals surface area contributed by atoms with E-state index in [0.717, 1.165) is 5.56 Å². The third kappa shape index (κ3) is 4.80. The second-order valence-electron chi connectivity index (χ2n) is 4.06. The van der Waals surface area contributed by atoms with E-state index in [1.165, 1.54) is 12.1 Å². The summed E-state index contributed by atoms with van der Waals surface area (Å²) in [6.45, 7) is 0. The van der Waals surface area contributed by atoms with Crippen molar-refractivity contribution >= 4 is 24.5 Å². The predicted molar refractivity (Wildman–Crippen MR) is 73.2 cm³/mol. The lowest BCUT2D eigenvalue weighted by Gasteiger charge is -2.16. The normalized spacial score (nSPS) is 13.6. The quantitative estimate of drug-likeness (QED) is 0.463. The second-order valence-corrected chi connectivity index (χ2v) is 4.42. The highest BCUT2D eigenvalue weighted by molar-refractivity contribution is 7.80. The van der Waals surface area contributed by atoms with E-state index in [-0.39, 0.29) is 17.9 Å². The molecule has 0 aromatic heterocycles. The Morgan fingerprint density at radius 2 is 1.89 bits per heavy atom. The lowest BCUT2D eigenvalue weighted by molar-refractivity contribution is -0.141. The number of carboxylic acid groups (broad SMARTS) is 1. The SMILES string of the molecule is N[C@H](Cc1ccc(O)cc1)C(=O)N[C@@H](CS)C(=O)O. The zero-order chi connectivity index (χ0) is 14.4. The molecule has 0 unspecified atom stereocenters. The molecule has 1 amide bonds. The standard InChI is InChI=1S/C12H16N2O4S/c13-9(5-7-1-3-8(15)4-2-7)11(16)14-10(6-19)12(17)18/h1-4,9-10,15,19H,5-6,13H2,(H,14,16)(H,17,18)/t9-,10+/m1/s1. The van der Waals surface area contributed by atoms with Crippen LogP contribution in [0.4, 0.5) is 0 Å². The average molecular weight is 284 g/mol. The number of rotatable bonds is 6. The largest absolute Gasteiger partial charge is 0.508 e. The van der Waals surface area contributed by atoms with Gasteiger partial charge in [0.25, 0.3) is 0 Å². The fourth-order valence-corrected chi connectivity index (χ4v) is 1.69. The second kappa shape index (κ2) is 7.01. The first-order valence-corrected chi connectivity index (χ1v) is 6.24. The third-order valence-electron chi connectivity index (χ3n) is 2.53. The Bertz CT molecular complexity index is 450. The summed E-state index contributed by atoms with van der Waals surface area (Å²) in [5.74, 6) is -1.58. The number of hydrogen-bond acceptors (Lipinski definition) is 5. The van der Waals surface area contributed by atoms with Crippen LogP contribution < -0.4 is 11.1 Å². The lowest BCUT2D eigenvalue weighted by atomic mass is 10.1. The van der Waals surface area contributed by atoms with Crippen LogP contribution in [-0.2, 0) is 16.0 Å². The number of hydrogen-bond donors (Lipinski definition) is 5. The number of phenols is 1. The number of carboxylic acids is 1. The molecule has 0 aliphatic rings. The number of nitrogens with two attached hydrogens (primary N) is 1. The van der Waals surface area contributed by atoms with Crippen molar-refractivity contribution in [1.82, 2.24) is 5.32 Å². The predicted octanol–water partition coefficient (Wildman–Crippen LogP) is -0.239. The van der Waals surface area contributed by atoms with Crippen molar-refractivity contribution in [1.29, 1.82) is 0 Å². The Kier molecular flexibility index (Phi) is 5.65. The summed E-state index contributed by atoms with van der Waals surface area (Å²) in [5.41, 5.74) is 6.47. The minimum absolute atomic E-state index is 0.00694. The topological polar surface area (TPSA) is 113 Å². The highest BCUT2D eigenvalue weighted by atomic mass is 32.1. The Balaban J connectivity index is 2.57. The van der Waals surface area contributed by atoms with Crippen molar-refractivity contribution in [3.8, 4) is 5.75 Å². The van der Waals surface area contributed by atoms with E-state index >= 15 is 0 Å². The zero-order valence-electron chi connectivity index (χ0n) is 10.1. The molecular weight excluding hydrogens is 268 g/mol. The number of carbonyl (C=O) groups excluding carboxylic acids is 1. The van der Waals surface area contributed by atoms with Crippen LogP contribution >= 0.6 is 12.6 Å². The summed E-state index contributed by atoms with van der Waals surface area (Å²) in [7, 11) is 0. The van der Waals surface area contributed by atoms with Crippen LogP contribution in [0.25, 0.3) is 0 Å². The van der Waals surface area contributed by atoms with Gasteiger partial charge in [-0.3, -0.25) is 4.79 Å². The van der Waals surface area contributed by atoms with Crippen molar-refractivity contribution in [2.24, 2.45) is 5.73 Å². The van der Waals surface area contributed by atoms with Crippen molar-refractivity contribution in [3.63, 3.8) is 0 Å². The monoisotopic (exact) mass is 284 g/mol. The van der Waals surface area contributed by atoms with E-state index in [1.807, 2.05) is 0 Å². The molecule has 2 atom stereocenters. The molecule has 0 saturated carbocycles. The molecule has 0 aliphatic carbocycles. The fraction of sp³-hybridized carbons (Fsp3) is 0.333. The van der Waals surface area contributed by atoms with Gasteiger partial charge in [-0.05, 0) is 24.1 Å². The van der Waals surface area contributed by atoms with Crippen LogP contribution in [0.2, 0.25) is 0 Å². The molecule has 19 heavy (non-hydrogen) atoms. The van der Waals surface area contributed by atoms with Crippen molar-refractivity contribution in [2.45, 2.75) is 18.5 Å². The van der Waals surface area contributed by atoms with Gasteiger partial charge in [0.1, 0.15) is 11.8 Å². The summed E-state index contributed by atoms with van der Waals surface area (Å²) < 4.78 is 0. The minimum Gasteiger partial charge on any atom is -0.508 e. The lowest BCUT2D eigenvalue weighted by Crippen LogP contribution is -2.50. The molecule has 7 heteroatoms. The van der Waals surface area contributed by atoms with Crippen LogP contribution in [0, 0.1) is 0 Å². The summed E-state index contributed by atoms with van der Waals surface area (Å²) in [5, 5.41) is 20.2. The summed E-state index contributed by atoms with van der Waals surface area (Å²) in [6, 6.07) is 4.38. The first kappa shape index (κ1) is 15.3. The molecule has 0 heterocycles. The molecule has 0 aliphatic heterocycles. The van der Waals surface area contributed by atoms with E-state index in [4.69, 9.17) is 15.9 Å². The zero-order valence-corrected chi connectivity index (χ0v) is 11.0. The van der Waals surface area contributed by atoms with Gasteiger partial charge in [-0.1, -0.05) is 12.1 Å². The molecular formula is C12H16N2O4S. The van der Waals surface area contributed by atoms with Crippen LogP contribution in [0.1, 0.15) is 5.56 Å². The Hall–Kier alpha value is -1.73. The van der Waals surface area contributed by atoms with E-state index in [1.54, 1.807) is 12.1 Å². The fourth-order valence-electron chi connectivity index (χ4n) is 1.44. The molecule has 104 valence electrons. The first-order chi connectivity index (χ1) is 8.93. The van der Waals surface area contributed by atoms with E-state index in [0.29, 0.717) is 0 Å². The number of thiol groups is 1. The van der Waals surface area contributed by atoms with Gasteiger partial charge in [-0.25, -0.2) is 4.79 Å². The van der Waals surface area contributed by atoms with E-state index < -0.39 is 24.0 Å². The molecule has 0 saturated heterocycles. The van der Waals surface area contributed by atoms with Gasteiger partial charge in [0.15, 0.2) is 0 Å². The summed E-state index contributed by atoms with van der Waals surface area (Å²) in [6.07, 6.45) is 0.255. The van der Waals surface area contributed by atoms with Crippen LogP contribution in [0.5, 0.6) is 5.75 Å². The third-order valence-corrected chi connectivity index (χ3v) is 2.89. The maximum Gasteiger partial charge on any atom is 0.327 e. The molecule has 5 N–H and O–H groups in total. The number of phenolic OH excluding ortho intramolecular Hbond substituents is 1. The van der Waals surface area contributed by atoms with Crippen LogP contribution in [0.3, 0.4) is 0 Å². The highest BCUT2D eigenvalue weighted by Crippen LogP contribution is 2.10. The van der Waals surface area contributed by atoms with Crippen molar-refractivity contribution in [3.05, 3.63) is 29.8 Å². The molecule has 1 rings (SSSR count). The van der Waals surface area contributed by atoms with Crippen LogP contribution in [0.15, 0.2) is 24.3 Å². The van der Waals surface area contributed by atoms with Gasteiger partial charge in [-0.15, -0.1) is 0 Å². The minimum atomic E-state index is -1.15. The molecule has 0 spiro atoms. The molecule has 6 nitrogen and oxygen atoms in total. The van der Waals surface area contributed by atoms with Gasteiger partial charge >= 0.3 is 5.97 Å². The Labute approximate surface area is 116 Å². The molecule has 1 aromatic rings. The number of aromatic hydroxyl groups is 1. The average Bonchev–Trinajstić information content (AvgIpc) is 2.37. The maximum absolute atomic E-state index is 11.7. The van der Waals surface area contributed by atoms with Crippen molar-refractivity contribution in [2.75, 3.05) is 5.75 Å². The summed E-state index contributed by atoms with van der Waals surface area (Å²) >= 11 is 3.84. The number of aliphatic carboxylic acids is 1. The Morgan fingerprint density at radius 1 is 1.32 bits per heavy atom. The van der Waals surface area contributed by atoms with Gasteiger partial charge in [0, 0.05) is 5.75 Å². The van der Waals surface area contributed by atoms with Gasteiger partial charge < -0.3 is 21.3 Å². The van der Waals surface area contributed by atoms with Gasteiger partial charge in [0.05, 0.1) is 6.04 Å². The number of amides is 1.